The van der Waals surface area contributed by atoms with Crippen molar-refractivity contribution in [2.45, 2.75) is 33.7 Å². The van der Waals surface area contributed by atoms with Crippen LogP contribution in [0, 0.1) is 13.8 Å². The summed E-state index contributed by atoms with van der Waals surface area (Å²) < 4.78 is 15.6. The Morgan fingerprint density at radius 2 is 1.66 bits per heavy atom. The Morgan fingerprint density at radius 1 is 0.957 bits per heavy atom. The topological polar surface area (TPSA) is 78.1 Å². The molecule has 1 aliphatic rings. The van der Waals surface area contributed by atoms with E-state index in [1.54, 1.807) is 11.5 Å². The average Bonchev–Trinajstić information content (AvgIpc) is 3.54. The van der Waals surface area contributed by atoms with Gasteiger partial charge in [0.05, 0.1) is 35.1 Å². The van der Waals surface area contributed by atoms with E-state index in [1.165, 1.54) is 11.3 Å². The molecule has 0 bridgehead atoms. The Kier molecular flexibility index (Phi) is 9.00. The van der Waals surface area contributed by atoms with E-state index in [0.717, 1.165) is 39.5 Å². The Morgan fingerprint density at radius 3 is 2.30 bits per heavy atom. The van der Waals surface area contributed by atoms with Crippen LogP contribution in [0.2, 0.25) is 0 Å². The summed E-state index contributed by atoms with van der Waals surface area (Å²) in [6.45, 7) is 8.55. The Balaban J connectivity index is 1.55. The highest BCUT2D eigenvalue weighted by atomic mass is 32.1. The third-order valence-corrected chi connectivity index (χ3v) is 9.24. The molecule has 47 heavy (non-hydrogen) atoms. The number of carbonyl (C=O) groups excluding carboxylic acids is 1. The van der Waals surface area contributed by atoms with Gasteiger partial charge in [-0.2, -0.15) is 0 Å². The standard InChI is InChI=1S/C38H38N4O4S/c1-7-45-31-20-14-27(15-21-31)35-33(37(44)46-8-2)34(26-12-10-9-11-13-26)39-38-42(35)36(43)32(47-38)23-28-22-24(3)41(25(28)4)30-18-16-29(17-19-30)40(5)6/h9-23,35H,7-8H2,1-6H3/b32-23-/t35-/m0/s1. The van der Waals surface area contributed by atoms with Crippen LogP contribution < -0.4 is 24.5 Å². The zero-order valence-electron chi connectivity index (χ0n) is 27.5. The lowest BCUT2D eigenvalue weighted by atomic mass is 9.93. The smallest absolute Gasteiger partial charge is 0.338 e. The molecule has 6 rings (SSSR count). The van der Waals surface area contributed by atoms with Gasteiger partial charge in [-0.15, -0.1) is 0 Å². The number of aromatic nitrogens is 2. The summed E-state index contributed by atoms with van der Waals surface area (Å²) >= 11 is 1.32. The number of esters is 1. The molecule has 5 aromatic rings. The van der Waals surface area contributed by atoms with Crippen LogP contribution in [-0.2, 0) is 9.53 Å². The molecule has 0 radical (unpaired) electrons. The maximum atomic E-state index is 14.4. The van der Waals surface area contributed by atoms with Crippen molar-refractivity contribution >= 4 is 34.8 Å². The maximum absolute atomic E-state index is 14.4. The monoisotopic (exact) mass is 646 g/mol. The molecule has 0 saturated carbocycles. The van der Waals surface area contributed by atoms with Crippen molar-refractivity contribution in [1.29, 1.82) is 0 Å². The maximum Gasteiger partial charge on any atom is 0.338 e. The first kappa shape index (κ1) is 31.8. The predicted octanol–water partition coefficient (Wildman–Crippen LogP) is 5.81. The number of carbonyl (C=O) groups is 1. The molecular weight excluding hydrogens is 609 g/mol. The molecule has 9 heteroatoms. The molecular formula is C38H38N4O4S. The first-order valence-electron chi connectivity index (χ1n) is 15.7. The van der Waals surface area contributed by atoms with E-state index in [9.17, 15) is 9.59 Å². The van der Waals surface area contributed by atoms with Crippen LogP contribution in [0.5, 0.6) is 5.75 Å². The van der Waals surface area contributed by atoms with Gasteiger partial charge < -0.3 is 18.9 Å². The summed E-state index contributed by atoms with van der Waals surface area (Å²) in [6, 6.07) is 26.8. The molecule has 0 spiro atoms. The van der Waals surface area contributed by atoms with Crippen LogP contribution in [-0.4, -0.2) is 42.4 Å². The van der Waals surface area contributed by atoms with Crippen molar-refractivity contribution in [3.05, 3.63) is 138 Å². The number of hydrogen-bond donors (Lipinski definition) is 0. The van der Waals surface area contributed by atoms with Crippen molar-refractivity contribution in [2.75, 3.05) is 32.2 Å². The van der Waals surface area contributed by atoms with E-state index in [4.69, 9.17) is 14.5 Å². The lowest BCUT2D eigenvalue weighted by molar-refractivity contribution is -0.138. The minimum Gasteiger partial charge on any atom is -0.494 e. The molecule has 0 N–H and O–H groups in total. The number of aryl methyl sites for hydroxylation is 1. The highest BCUT2D eigenvalue weighted by molar-refractivity contribution is 7.07. The van der Waals surface area contributed by atoms with E-state index in [2.05, 4.69) is 53.6 Å². The van der Waals surface area contributed by atoms with E-state index >= 15 is 0 Å². The molecule has 2 aromatic heterocycles. The van der Waals surface area contributed by atoms with Gasteiger partial charge in [-0.3, -0.25) is 9.36 Å². The quantitative estimate of drug-likeness (QED) is 0.189. The lowest BCUT2D eigenvalue weighted by Gasteiger charge is -2.26. The molecule has 1 aliphatic heterocycles. The average molecular weight is 647 g/mol. The predicted molar refractivity (Wildman–Crippen MR) is 188 cm³/mol. The van der Waals surface area contributed by atoms with Crippen LogP contribution >= 0.6 is 11.3 Å². The SMILES string of the molecule is CCOC(=O)C1=C(c2ccccc2)N=c2s/c(=C\c3cc(C)n(-c4ccc(N(C)C)cc4)c3C)c(=O)n2[C@H]1c1ccc(OCC)cc1. The Labute approximate surface area is 278 Å². The summed E-state index contributed by atoms with van der Waals surface area (Å²) in [5.41, 5.74) is 7.31. The summed E-state index contributed by atoms with van der Waals surface area (Å²) in [7, 11) is 4.04. The third-order valence-electron chi connectivity index (χ3n) is 8.26. The highest BCUT2D eigenvalue weighted by Gasteiger charge is 2.35. The second-order valence-corrected chi connectivity index (χ2v) is 12.5. The van der Waals surface area contributed by atoms with Crippen molar-refractivity contribution in [3.63, 3.8) is 0 Å². The van der Waals surface area contributed by atoms with Gasteiger partial charge in [0.25, 0.3) is 5.56 Å². The number of hydrogen-bond acceptors (Lipinski definition) is 7. The molecule has 8 nitrogen and oxygen atoms in total. The third kappa shape index (κ3) is 6.06. The van der Waals surface area contributed by atoms with Gasteiger partial charge in [-0.05, 0) is 87.4 Å². The lowest BCUT2D eigenvalue weighted by Crippen LogP contribution is -2.40. The van der Waals surface area contributed by atoms with Crippen LogP contribution in [0.1, 0.15) is 48.0 Å². The summed E-state index contributed by atoms with van der Waals surface area (Å²) in [5, 5.41) is 0. The van der Waals surface area contributed by atoms with E-state index in [-0.39, 0.29) is 12.2 Å². The first-order valence-corrected chi connectivity index (χ1v) is 16.5. The van der Waals surface area contributed by atoms with Crippen LogP contribution in [0.3, 0.4) is 0 Å². The van der Waals surface area contributed by atoms with E-state index < -0.39 is 12.0 Å². The fourth-order valence-electron chi connectivity index (χ4n) is 6.04. The van der Waals surface area contributed by atoms with Crippen molar-refractivity contribution in [2.24, 2.45) is 4.99 Å². The second kappa shape index (κ2) is 13.3. The fourth-order valence-corrected chi connectivity index (χ4v) is 7.03. The minimum absolute atomic E-state index is 0.193. The number of benzene rings is 3. The Bertz CT molecular complexity index is 2140. The van der Waals surface area contributed by atoms with Gasteiger partial charge in [-0.1, -0.05) is 53.8 Å². The van der Waals surface area contributed by atoms with Crippen molar-refractivity contribution in [1.82, 2.24) is 9.13 Å². The van der Waals surface area contributed by atoms with Crippen molar-refractivity contribution < 1.29 is 14.3 Å². The molecule has 3 aromatic carbocycles. The summed E-state index contributed by atoms with van der Waals surface area (Å²) in [4.78, 5) is 35.7. The second-order valence-electron chi connectivity index (χ2n) is 11.5. The molecule has 0 fully saturated rings. The minimum atomic E-state index is -0.749. The molecule has 3 heterocycles. The normalized spacial score (nSPS) is 14.5. The van der Waals surface area contributed by atoms with Gasteiger partial charge in [0.15, 0.2) is 4.80 Å². The Hall–Kier alpha value is -5.15. The summed E-state index contributed by atoms with van der Waals surface area (Å²) in [5.74, 6) is 0.201. The van der Waals surface area contributed by atoms with Crippen molar-refractivity contribution in [3.8, 4) is 11.4 Å². The van der Waals surface area contributed by atoms with Gasteiger partial charge in [0.2, 0.25) is 0 Å². The molecule has 0 saturated heterocycles. The molecule has 0 aliphatic carbocycles. The fraction of sp³-hybridized carbons (Fsp3) is 0.237. The number of rotatable bonds is 9. The number of fused-ring (bicyclic) bond motifs is 1. The largest absolute Gasteiger partial charge is 0.494 e. The molecule has 0 unspecified atom stereocenters. The molecule has 1 atom stereocenters. The number of anilines is 1. The number of nitrogens with zero attached hydrogens (tertiary/aromatic N) is 4. The zero-order chi connectivity index (χ0) is 33.2. The molecule has 240 valence electrons. The van der Waals surface area contributed by atoms with Crippen LogP contribution in [0.25, 0.3) is 17.5 Å². The first-order chi connectivity index (χ1) is 22.7. The van der Waals surface area contributed by atoms with Crippen LogP contribution in [0.4, 0.5) is 5.69 Å². The van der Waals surface area contributed by atoms with E-state index in [1.807, 2.05) is 81.7 Å². The van der Waals surface area contributed by atoms with Gasteiger partial charge in [-0.25, -0.2) is 9.79 Å². The number of thiazole rings is 1. The van der Waals surface area contributed by atoms with Gasteiger partial charge in [0.1, 0.15) is 5.75 Å². The van der Waals surface area contributed by atoms with Gasteiger partial charge >= 0.3 is 5.97 Å². The van der Waals surface area contributed by atoms with Gasteiger partial charge in [0, 0.05) is 42.4 Å². The van der Waals surface area contributed by atoms with Crippen LogP contribution in [0.15, 0.2) is 100 Å². The molecule has 0 amide bonds. The number of ether oxygens (including phenoxy) is 2. The zero-order valence-corrected chi connectivity index (χ0v) is 28.3. The highest BCUT2D eigenvalue weighted by Crippen LogP contribution is 2.36. The van der Waals surface area contributed by atoms with E-state index in [0.29, 0.717) is 33.0 Å². The summed E-state index contributed by atoms with van der Waals surface area (Å²) in [6.07, 6.45) is 1.93.